The van der Waals surface area contributed by atoms with Crippen LogP contribution in [0.2, 0.25) is 0 Å². The van der Waals surface area contributed by atoms with Gasteiger partial charge in [-0.15, -0.1) is 0 Å². The van der Waals surface area contributed by atoms with Gasteiger partial charge in [-0.05, 0) is 49.7 Å². The molecule has 0 radical (unpaired) electrons. The molecule has 3 aromatic rings. The molecule has 1 aliphatic rings. The summed E-state index contributed by atoms with van der Waals surface area (Å²) in [6, 6.07) is 12.2. The molecule has 1 aromatic heterocycles. The van der Waals surface area contributed by atoms with E-state index in [1.54, 1.807) is 50.6 Å². The van der Waals surface area contributed by atoms with Crippen molar-refractivity contribution in [3.8, 4) is 22.9 Å². The van der Waals surface area contributed by atoms with E-state index < -0.39 is 5.97 Å². The van der Waals surface area contributed by atoms with Crippen molar-refractivity contribution in [1.82, 2.24) is 15.0 Å². The van der Waals surface area contributed by atoms with Gasteiger partial charge in [-0.2, -0.15) is 4.98 Å². The Morgan fingerprint density at radius 3 is 2.69 bits per heavy atom. The Bertz CT molecular complexity index is 1190. The van der Waals surface area contributed by atoms with Crippen molar-refractivity contribution in [2.45, 2.75) is 19.4 Å². The van der Waals surface area contributed by atoms with Gasteiger partial charge in [-0.25, -0.2) is 4.79 Å². The largest absolute Gasteiger partial charge is 0.493 e. The van der Waals surface area contributed by atoms with Crippen molar-refractivity contribution in [2.75, 3.05) is 39.7 Å². The SMILES string of the molecule is COC(=O)c1ccccc1NC(=O)C1CCCN(Cc2nc(-c3ccc(OC)c(OC)c3)no2)C1. The lowest BCUT2D eigenvalue weighted by Gasteiger charge is -2.31. The molecule has 0 saturated carbocycles. The molecule has 10 nitrogen and oxygen atoms in total. The minimum Gasteiger partial charge on any atom is -0.493 e. The number of ether oxygens (including phenoxy) is 3. The molecule has 1 atom stereocenters. The second-order valence-electron chi connectivity index (χ2n) is 8.18. The zero-order chi connectivity index (χ0) is 24.8. The molecule has 0 spiro atoms. The van der Waals surface area contributed by atoms with Crippen LogP contribution in [0.15, 0.2) is 47.0 Å². The van der Waals surface area contributed by atoms with Crippen molar-refractivity contribution in [1.29, 1.82) is 0 Å². The highest BCUT2D eigenvalue weighted by molar-refractivity contribution is 6.01. The number of likely N-dealkylation sites (tertiary alicyclic amines) is 1. The molecule has 1 unspecified atom stereocenters. The Morgan fingerprint density at radius 1 is 1.11 bits per heavy atom. The Morgan fingerprint density at radius 2 is 1.91 bits per heavy atom. The average molecular weight is 481 g/mol. The molecule has 2 heterocycles. The van der Waals surface area contributed by atoms with Gasteiger partial charge in [0.25, 0.3) is 0 Å². The Kier molecular flexibility index (Phi) is 7.61. The summed E-state index contributed by atoms with van der Waals surface area (Å²) in [5.74, 6) is 1.25. The third-order valence-corrected chi connectivity index (χ3v) is 5.94. The van der Waals surface area contributed by atoms with Crippen LogP contribution in [0, 0.1) is 5.92 Å². The Balaban J connectivity index is 1.40. The number of benzene rings is 2. The second-order valence-corrected chi connectivity index (χ2v) is 8.18. The van der Waals surface area contributed by atoms with Crippen molar-refractivity contribution >= 4 is 17.6 Å². The number of hydrogen-bond acceptors (Lipinski definition) is 9. The summed E-state index contributed by atoms with van der Waals surface area (Å²) >= 11 is 0. The number of amides is 1. The van der Waals surface area contributed by atoms with Crippen LogP contribution in [0.5, 0.6) is 11.5 Å². The van der Waals surface area contributed by atoms with Crippen LogP contribution >= 0.6 is 0 Å². The highest BCUT2D eigenvalue weighted by Crippen LogP contribution is 2.31. The number of hydrogen-bond donors (Lipinski definition) is 1. The number of anilines is 1. The monoisotopic (exact) mass is 480 g/mol. The molecular formula is C25H28N4O6. The number of methoxy groups -OCH3 is 3. The first-order valence-electron chi connectivity index (χ1n) is 11.3. The number of para-hydroxylation sites is 1. The van der Waals surface area contributed by atoms with E-state index in [1.807, 2.05) is 6.07 Å². The summed E-state index contributed by atoms with van der Waals surface area (Å²) in [5.41, 5.74) is 1.51. The third kappa shape index (κ3) is 5.60. The van der Waals surface area contributed by atoms with Gasteiger partial charge in [-0.1, -0.05) is 17.3 Å². The first-order chi connectivity index (χ1) is 17.0. The highest BCUT2D eigenvalue weighted by Gasteiger charge is 2.28. The zero-order valence-electron chi connectivity index (χ0n) is 19.9. The van der Waals surface area contributed by atoms with Gasteiger partial charge in [0, 0.05) is 12.1 Å². The quantitative estimate of drug-likeness (QED) is 0.484. The predicted octanol–water partition coefficient (Wildman–Crippen LogP) is 3.39. The number of rotatable bonds is 8. The summed E-state index contributed by atoms with van der Waals surface area (Å²) < 4.78 is 20.9. The molecular weight excluding hydrogens is 452 g/mol. The molecule has 10 heteroatoms. The summed E-state index contributed by atoms with van der Waals surface area (Å²) in [4.78, 5) is 31.6. The first-order valence-corrected chi connectivity index (χ1v) is 11.3. The number of nitrogens with zero attached hydrogens (tertiary/aromatic N) is 3. The van der Waals surface area contributed by atoms with E-state index in [9.17, 15) is 9.59 Å². The third-order valence-electron chi connectivity index (χ3n) is 5.94. The van der Waals surface area contributed by atoms with Crippen LogP contribution in [0.3, 0.4) is 0 Å². The fraction of sp³-hybridized carbons (Fsp3) is 0.360. The Labute approximate surface area is 203 Å². The summed E-state index contributed by atoms with van der Waals surface area (Å²) in [5, 5.41) is 6.98. The summed E-state index contributed by atoms with van der Waals surface area (Å²) in [7, 11) is 4.46. The lowest BCUT2D eigenvalue weighted by molar-refractivity contribution is -0.121. The molecule has 2 aromatic carbocycles. The second kappa shape index (κ2) is 11.0. The minimum absolute atomic E-state index is 0.136. The van der Waals surface area contributed by atoms with Gasteiger partial charge < -0.3 is 24.1 Å². The maximum absolute atomic E-state index is 13.0. The lowest BCUT2D eigenvalue weighted by Crippen LogP contribution is -2.40. The highest BCUT2D eigenvalue weighted by atomic mass is 16.5. The van der Waals surface area contributed by atoms with Gasteiger partial charge in [0.15, 0.2) is 11.5 Å². The molecule has 4 rings (SSSR count). The number of carbonyl (C=O) groups is 2. The van der Waals surface area contributed by atoms with Gasteiger partial charge >= 0.3 is 5.97 Å². The average Bonchev–Trinajstić information content (AvgIpc) is 3.36. The molecule has 1 aliphatic heterocycles. The van der Waals surface area contributed by atoms with Crippen LogP contribution in [-0.4, -0.2) is 61.3 Å². The molecule has 1 N–H and O–H groups in total. The molecule has 1 fully saturated rings. The van der Waals surface area contributed by atoms with Gasteiger partial charge in [0.1, 0.15) is 0 Å². The van der Waals surface area contributed by atoms with E-state index in [0.717, 1.165) is 24.9 Å². The van der Waals surface area contributed by atoms with Crippen molar-refractivity contribution in [3.63, 3.8) is 0 Å². The maximum atomic E-state index is 13.0. The van der Waals surface area contributed by atoms with Crippen LogP contribution in [0.25, 0.3) is 11.4 Å². The van der Waals surface area contributed by atoms with E-state index >= 15 is 0 Å². The number of carbonyl (C=O) groups excluding carboxylic acids is 2. The smallest absolute Gasteiger partial charge is 0.339 e. The van der Waals surface area contributed by atoms with Crippen molar-refractivity contribution in [3.05, 3.63) is 53.9 Å². The summed E-state index contributed by atoms with van der Waals surface area (Å²) in [6.45, 7) is 1.79. The van der Waals surface area contributed by atoms with Crippen LogP contribution in [-0.2, 0) is 16.1 Å². The van der Waals surface area contributed by atoms with E-state index in [2.05, 4.69) is 20.4 Å². The van der Waals surface area contributed by atoms with Gasteiger partial charge in [0.2, 0.25) is 17.6 Å². The fourth-order valence-corrected chi connectivity index (χ4v) is 4.13. The van der Waals surface area contributed by atoms with E-state index in [1.165, 1.54) is 7.11 Å². The predicted molar refractivity (Wildman–Crippen MR) is 127 cm³/mol. The van der Waals surface area contributed by atoms with Gasteiger partial charge in [-0.3, -0.25) is 9.69 Å². The van der Waals surface area contributed by atoms with Crippen molar-refractivity contribution in [2.24, 2.45) is 5.92 Å². The maximum Gasteiger partial charge on any atom is 0.339 e. The number of nitrogens with one attached hydrogen (secondary N) is 1. The van der Waals surface area contributed by atoms with Crippen LogP contribution in [0.4, 0.5) is 5.69 Å². The molecule has 0 aliphatic carbocycles. The Hall–Kier alpha value is -3.92. The summed E-state index contributed by atoms with van der Waals surface area (Å²) in [6.07, 6.45) is 1.61. The van der Waals surface area contributed by atoms with E-state index in [0.29, 0.717) is 47.6 Å². The van der Waals surface area contributed by atoms with Crippen LogP contribution in [0.1, 0.15) is 29.1 Å². The minimum atomic E-state index is -0.493. The van der Waals surface area contributed by atoms with Crippen molar-refractivity contribution < 1.29 is 28.3 Å². The molecule has 0 bridgehead atoms. The normalized spacial score (nSPS) is 15.9. The molecule has 1 amide bonds. The zero-order valence-corrected chi connectivity index (χ0v) is 19.9. The standard InChI is InChI=1S/C25H28N4O6/c1-32-20-11-10-16(13-21(20)33-2)23-27-22(35-28-23)15-29-12-6-7-17(14-29)24(30)26-19-9-5-4-8-18(19)25(31)34-3/h4-5,8-11,13,17H,6-7,12,14-15H2,1-3H3,(H,26,30). The number of piperidine rings is 1. The number of esters is 1. The molecule has 184 valence electrons. The van der Waals surface area contributed by atoms with E-state index in [4.69, 9.17) is 18.7 Å². The lowest BCUT2D eigenvalue weighted by atomic mass is 9.97. The number of aromatic nitrogens is 2. The first kappa shape index (κ1) is 24.2. The van der Waals surface area contributed by atoms with Crippen LogP contribution < -0.4 is 14.8 Å². The topological polar surface area (TPSA) is 116 Å². The van der Waals surface area contributed by atoms with Gasteiger partial charge in [0.05, 0.1) is 45.0 Å². The molecule has 35 heavy (non-hydrogen) atoms. The molecule has 1 saturated heterocycles. The van der Waals surface area contributed by atoms with E-state index in [-0.39, 0.29) is 11.8 Å². The fourth-order valence-electron chi connectivity index (χ4n) is 4.13.